The van der Waals surface area contributed by atoms with Gasteiger partial charge in [-0.3, -0.25) is 0 Å². The van der Waals surface area contributed by atoms with E-state index < -0.39 is 0 Å². The fourth-order valence-electron chi connectivity index (χ4n) is 3.64. The van der Waals surface area contributed by atoms with Crippen molar-refractivity contribution in [3.8, 4) is 0 Å². The molecule has 1 aromatic rings. The quantitative estimate of drug-likeness (QED) is 0.876. The molecule has 1 heterocycles. The van der Waals surface area contributed by atoms with Gasteiger partial charge < -0.3 is 10.2 Å². The molecule has 1 aliphatic heterocycles. The number of benzene rings is 1. The van der Waals surface area contributed by atoms with E-state index in [2.05, 4.69) is 5.32 Å². The van der Waals surface area contributed by atoms with Gasteiger partial charge in [0.25, 0.3) is 0 Å². The number of carbonyl (C=O) groups is 1. The lowest BCUT2D eigenvalue weighted by Gasteiger charge is -2.31. The Morgan fingerprint density at radius 2 is 2.09 bits per heavy atom. The van der Waals surface area contributed by atoms with E-state index in [1.54, 1.807) is 22.7 Å². The molecule has 1 N–H and O–H groups in total. The van der Waals surface area contributed by atoms with Crippen LogP contribution in [0, 0.1) is 11.7 Å². The van der Waals surface area contributed by atoms with Crippen molar-refractivity contribution in [1.82, 2.24) is 10.2 Å². The Morgan fingerprint density at radius 1 is 1.30 bits per heavy atom. The van der Waals surface area contributed by atoms with Crippen molar-refractivity contribution in [2.45, 2.75) is 49.5 Å². The number of nitrogens with zero attached hydrogens (tertiary/aromatic N) is 1. The minimum absolute atomic E-state index is 0.0392. The summed E-state index contributed by atoms with van der Waals surface area (Å²) in [5.41, 5.74) is 0.917. The monoisotopic (exact) mass is 336 g/mol. The molecule has 3 rings (SSSR count). The van der Waals surface area contributed by atoms with Gasteiger partial charge in [0, 0.05) is 24.2 Å². The fourth-order valence-corrected chi connectivity index (χ4v) is 4.78. The van der Waals surface area contributed by atoms with E-state index >= 15 is 0 Å². The predicted molar refractivity (Wildman–Crippen MR) is 92.2 cm³/mol. The molecule has 1 atom stereocenters. The summed E-state index contributed by atoms with van der Waals surface area (Å²) in [5, 5.41) is 3.10. The summed E-state index contributed by atoms with van der Waals surface area (Å²) in [5.74, 6) is 1.29. The first kappa shape index (κ1) is 16.6. The number of carbonyl (C=O) groups excluding carboxylic acids is 1. The van der Waals surface area contributed by atoms with Crippen molar-refractivity contribution in [3.63, 3.8) is 0 Å². The van der Waals surface area contributed by atoms with Gasteiger partial charge in [-0.25, -0.2) is 9.18 Å². The van der Waals surface area contributed by atoms with E-state index in [4.69, 9.17) is 0 Å². The van der Waals surface area contributed by atoms with Gasteiger partial charge in [0.05, 0.1) is 6.04 Å². The van der Waals surface area contributed by atoms with Crippen LogP contribution in [-0.4, -0.2) is 30.3 Å². The first-order valence-corrected chi connectivity index (χ1v) is 9.56. The number of thioether (sulfide) groups is 1. The van der Waals surface area contributed by atoms with Crippen molar-refractivity contribution >= 4 is 17.8 Å². The highest BCUT2D eigenvalue weighted by atomic mass is 32.2. The second-order valence-corrected chi connectivity index (χ2v) is 7.79. The largest absolute Gasteiger partial charge is 0.331 e. The van der Waals surface area contributed by atoms with Gasteiger partial charge >= 0.3 is 6.03 Å². The van der Waals surface area contributed by atoms with Crippen LogP contribution >= 0.6 is 11.8 Å². The summed E-state index contributed by atoms with van der Waals surface area (Å²) in [7, 11) is 1.87. The molecule has 0 spiro atoms. The molecule has 2 aliphatic rings. The van der Waals surface area contributed by atoms with E-state index in [9.17, 15) is 9.18 Å². The maximum atomic E-state index is 13.9. The summed E-state index contributed by atoms with van der Waals surface area (Å²) < 4.78 is 13.9. The highest BCUT2D eigenvalue weighted by molar-refractivity contribution is 7.99. The molecule has 1 fully saturated rings. The molecule has 0 aromatic heterocycles. The predicted octanol–water partition coefficient (Wildman–Crippen LogP) is 4.58. The zero-order chi connectivity index (χ0) is 16.2. The van der Waals surface area contributed by atoms with Crippen molar-refractivity contribution in [2.24, 2.45) is 5.92 Å². The number of rotatable bonds is 3. The average molecular weight is 336 g/mol. The molecular formula is C18H25FN2OS. The van der Waals surface area contributed by atoms with Crippen LogP contribution in [0.3, 0.4) is 0 Å². The average Bonchev–Trinajstić information content (AvgIpc) is 2.56. The van der Waals surface area contributed by atoms with E-state index in [0.717, 1.165) is 24.3 Å². The Hall–Kier alpha value is -1.23. The maximum Gasteiger partial charge on any atom is 0.317 e. The fraction of sp³-hybridized carbons (Fsp3) is 0.611. The SMILES string of the molecule is CN(CC1CCCCC1)C(=O)NC1CCSc2c(F)cccc21. The van der Waals surface area contributed by atoms with Gasteiger partial charge in [-0.05, 0) is 36.8 Å². The van der Waals surface area contributed by atoms with Gasteiger partial charge in [0.2, 0.25) is 0 Å². The van der Waals surface area contributed by atoms with E-state index in [1.165, 1.54) is 38.2 Å². The summed E-state index contributed by atoms with van der Waals surface area (Å²) in [6.07, 6.45) is 7.20. The van der Waals surface area contributed by atoms with Crippen LogP contribution in [-0.2, 0) is 0 Å². The molecule has 1 saturated carbocycles. The number of urea groups is 1. The molecule has 5 heteroatoms. The molecular weight excluding hydrogens is 311 g/mol. The topological polar surface area (TPSA) is 32.3 Å². The zero-order valence-electron chi connectivity index (χ0n) is 13.7. The lowest BCUT2D eigenvalue weighted by Crippen LogP contribution is -2.42. The summed E-state index contributed by atoms with van der Waals surface area (Å²) in [4.78, 5) is 15.0. The van der Waals surface area contributed by atoms with E-state index in [0.29, 0.717) is 10.8 Å². The smallest absolute Gasteiger partial charge is 0.317 e. The Balaban J connectivity index is 1.61. The lowest BCUT2D eigenvalue weighted by atomic mass is 9.89. The van der Waals surface area contributed by atoms with Gasteiger partial charge in [-0.1, -0.05) is 31.4 Å². The third-order valence-electron chi connectivity index (χ3n) is 4.93. The Morgan fingerprint density at radius 3 is 2.87 bits per heavy atom. The lowest BCUT2D eigenvalue weighted by molar-refractivity contribution is 0.188. The molecule has 1 aromatic carbocycles. The van der Waals surface area contributed by atoms with Crippen molar-refractivity contribution in [2.75, 3.05) is 19.3 Å². The van der Waals surface area contributed by atoms with Gasteiger partial charge in [0.1, 0.15) is 5.82 Å². The van der Waals surface area contributed by atoms with Crippen LogP contribution in [0.25, 0.3) is 0 Å². The number of hydrogen-bond acceptors (Lipinski definition) is 2. The van der Waals surface area contributed by atoms with Gasteiger partial charge in [-0.2, -0.15) is 0 Å². The maximum absolute atomic E-state index is 13.9. The number of fused-ring (bicyclic) bond motifs is 1. The molecule has 1 aliphatic carbocycles. The molecule has 23 heavy (non-hydrogen) atoms. The van der Waals surface area contributed by atoms with Gasteiger partial charge in [0.15, 0.2) is 0 Å². The number of amides is 2. The molecule has 1 unspecified atom stereocenters. The normalized spacial score (nSPS) is 21.6. The first-order valence-electron chi connectivity index (χ1n) is 8.58. The first-order chi connectivity index (χ1) is 11.1. The van der Waals surface area contributed by atoms with Crippen LogP contribution in [0.15, 0.2) is 23.1 Å². The Labute approximate surface area is 142 Å². The minimum atomic E-state index is -0.179. The third-order valence-corrected chi connectivity index (χ3v) is 6.09. The molecule has 2 amide bonds. The minimum Gasteiger partial charge on any atom is -0.331 e. The standard InChI is InChI=1S/C18H25FN2OS/c1-21(12-13-6-3-2-4-7-13)18(22)20-16-10-11-23-17-14(16)8-5-9-15(17)19/h5,8-9,13,16H,2-4,6-7,10-12H2,1H3,(H,20,22). The second kappa shape index (κ2) is 7.56. The van der Waals surface area contributed by atoms with Crippen molar-refractivity contribution in [1.29, 1.82) is 0 Å². The van der Waals surface area contributed by atoms with Crippen LogP contribution in [0.2, 0.25) is 0 Å². The Kier molecular flexibility index (Phi) is 5.46. The third kappa shape index (κ3) is 4.00. The summed E-state index contributed by atoms with van der Waals surface area (Å²) >= 11 is 1.54. The molecule has 0 saturated heterocycles. The highest BCUT2D eigenvalue weighted by Gasteiger charge is 2.26. The molecule has 126 valence electrons. The molecule has 0 radical (unpaired) electrons. The van der Waals surface area contributed by atoms with E-state index in [-0.39, 0.29) is 17.9 Å². The van der Waals surface area contributed by atoms with Crippen LogP contribution in [0.1, 0.15) is 50.1 Å². The van der Waals surface area contributed by atoms with Crippen LogP contribution in [0.4, 0.5) is 9.18 Å². The van der Waals surface area contributed by atoms with Crippen LogP contribution < -0.4 is 5.32 Å². The number of nitrogens with one attached hydrogen (secondary N) is 1. The van der Waals surface area contributed by atoms with Crippen LogP contribution in [0.5, 0.6) is 0 Å². The highest BCUT2D eigenvalue weighted by Crippen LogP contribution is 2.37. The molecule has 3 nitrogen and oxygen atoms in total. The van der Waals surface area contributed by atoms with Crippen molar-refractivity contribution < 1.29 is 9.18 Å². The molecule has 0 bridgehead atoms. The summed E-state index contributed by atoms with van der Waals surface area (Å²) in [6.45, 7) is 0.823. The Bertz CT molecular complexity index is 560. The second-order valence-electron chi connectivity index (χ2n) is 6.68. The van der Waals surface area contributed by atoms with E-state index in [1.807, 2.05) is 13.1 Å². The number of hydrogen-bond donors (Lipinski definition) is 1. The summed E-state index contributed by atoms with van der Waals surface area (Å²) in [6, 6.07) is 5.03. The zero-order valence-corrected chi connectivity index (χ0v) is 14.5. The van der Waals surface area contributed by atoms with Crippen molar-refractivity contribution in [3.05, 3.63) is 29.6 Å². The number of halogens is 1. The van der Waals surface area contributed by atoms with Gasteiger partial charge in [-0.15, -0.1) is 11.8 Å².